The van der Waals surface area contributed by atoms with Crippen molar-refractivity contribution in [1.82, 2.24) is 5.32 Å². The van der Waals surface area contributed by atoms with Crippen LogP contribution < -0.4 is 5.32 Å². The molecule has 2 aliphatic carbocycles. The molecule has 1 atom stereocenters. The molecule has 2 saturated carbocycles. The second kappa shape index (κ2) is 6.52. The van der Waals surface area contributed by atoms with Gasteiger partial charge in [0.25, 0.3) is 0 Å². The van der Waals surface area contributed by atoms with Gasteiger partial charge in [-0.1, -0.05) is 63.8 Å². The van der Waals surface area contributed by atoms with Crippen LogP contribution in [-0.4, -0.2) is 6.54 Å². The highest BCUT2D eigenvalue weighted by molar-refractivity contribution is 5.35. The molecule has 0 saturated heterocycles. The molecule has 0 bridgehead atoms. The van der Waals surface area contributed by atoms with Gasteiger partial charge in [-0.05, 0) is 54.7 Å². The summed E-state index contributed by atoms with van der Waals surface area (Å²) in [6.45, 7) is 5.85. The molecule has 1 aromatic rings. The van der Waals surface area contributed by atoms with E-state index in [0.717, 1.165) is 12.5 Å². The van der Waals surface area contributed by atoms with Gasteiger partial charge in [0.2, 0.25) is 0 Å². The Kier molecular flexibility index (Phi) is 4.69. The fourth-order valence-electron chi connectivity index (χ4n) is 4.45. The van der Waals surface area contributed by atoms with Crippen molar-refractivity contribution in [3.05, 3.63) is 35.4 Å². The highest BCUT2D eigenvalue weighted by atomic mass is 14.9. The van der Waals surface area contributed by atoms with Crippen LogP contribution in [-0.2, 0) is 0 Å². The Labute approximate surface area is 130 Å². The molecule has 1 nitrogen and oxygen atoms in total. The molecule has 21 heavy (non-hydrogen) atoms. The lowest BCUT2D eigenvalue weighted by molar-refractivity contribution is 0.144. The lowest BCUT2D eigenvalue weighted by Crippen LogP contribution is -2.38. The predicted molar refractivity (Wildman–Crippen MR) is 90.6 cm³/mol. The third-order valence-electron chi connectivity index (χ3n) is 5.95. The van der Waals surface area contributed by atoms with Crippen LogP contribution in [0.4, 0.5) is 0 Å². The van der Waals surface area contributed by atoms with E-state index >= 15 is 0 Å². The lowest BCUT2D eigenvalue weighted by atomic mass is 9.66. The molecule has 3 rings (SSSR count). The number of hydrogen-bond acceptors (Lipinski definition) is 1. The minimum Gasteiger partial charge on any atom is -0.310 e. The average molecular weight is 285 g/mol. The molecule has 0 aliphatic heterocycles. The third kappa shape index (κ3) is 3.04. The van der Waals surface area contributed by atoms with Gasteiger partial charge in [0.15, 0.2) is 0 Å². The molecule has 0 radical (unpaired) electrons. The van der Waals surface area contributed by atoms with Crippen LogP contribution in [0.3, 0.4) is 0 Å². The molecule has 1 heteroatoms. The van der Waals surface area contributed by atoms with Gasteiger partial charge in [-0.25, -0.2) is 0 Å². The van der Waals surface area contributed by atoms with Gasteiger partial charge in [-0.3, -0.25) is 0 Å². The summed E-state index contributed by atoms with van der Waals surface area (Å²) in [6, 6.07) is 9.83. The van der Waals surface area contributed by atoms with Crippen molar-refractivity contribution in [2.24, 2.45) is 5.41 Å². The van der Waals surface area contributed by atoms with Gasteiger partial charge in [0.1, 0.15) is 0 Å². The van der Waals surface area contributed by atoms with E-state index in [1.807, 2.05) is 0 Å². The fourth-order valence-corrected chi connectivity index (χ4v) is 4.45. The van der Waals surface area contributed by atoms with Crippen molar-refractivity contribution < 1.29 is 0 Å². The molecule has 116 valence electrons. The maximum Gasteiger partial charge on any atom is 0.0377 e. The van der Waals surface area contributed by atoms with Crippen LogP contribution in [0.5, 0.6) is 0 Å². The molecule has 2 fully saturated rings. The van der Waals surface area contributed by atoms with Gasteiger partial charge < -0.3 is 5.32 Å². The Bertz CT molecular complexity index is 455. The Hall–Kier alpha value is -0.820. The number of nitrogens with one attached hydrogen (secondary N) is 1. The highest BCUT2D eigenvalue weighted by Gasteiger charge is 2.37. The molecule has 0 heterocycles. The third-order valence-corrected chi connectivity index (χ3v) is 5.95. The minimum atomic E-state index is 0.439. The van der Waals surface area contributed by atoms with Crippen molar-refractivity contribution >= 4 is 0 Å². The standard InChI is InChI=1S/C20H31N/c1-3-21-19(20(2)14-7-4-8-15-20)18-13-6-5-12-17(18)16-10-9-11-16/h5-6,12-13,16,19,21H,3-4,7-11,14-15H2,1-2H3. The van der Waals surface area contributed by atoms with E-state index in [2.05, 4.69) is 43.4 Å². The van der Waals surface area contributed by atoms with Crippen LogP contribution in [0.2, 0.25) is 0 Å². The molecule has 1 N–H and O–H groups in total. The quantitative estimate of drug-likeness (QED) is 0.745. The zero-order chi connectivity index (χ0) is 14.7. The van der Waals surface area contributed by atoms with E-state index in [9.17, 15) is 0 Å². The van der Waals surface area contributed by atoms with Gasteiger partial charge in [-0.2, -0.15) is 0 Å². The summed E-state index contributed by atoms with van der Waals surface area (Å²) in [5, 5.41) is 3.85. The Morgan fingerprint density at radius 3 is 2.43 bits per heavy atom. The molecular weight excluding hydrogens is 254 g/mol. The van der Waals surface area contributed by atoms with E-state index in [4.69, 9.17) is 0 Å². The van der Waals surface area contributed by atoms with Crippen molar-refractivity contribution in [3.63, 3.8) is 0 Å². The van der Waals surface area contributed by atoms with Crippen molar-refractivity contribution in [1.29, 1.82) is 0 Å². The Balaban J connectivity index is 1.93. The smallest absolute Gasteiger partial charge is 0.0377 e. The maximum atomic E-state index is 3.85. The van der Waals surface area contributed by atoms with Crippen LogP contribution in [0.1, 0.15) is 88.3 Å². The van der Waals surface area contributed by atoms with Crippen molar-refractivity contribution in [2.45, 2.75) is 77.2 Å². The van der Waals surface area contributed by atoms with Crippen molar-refractivity contribution in [3.8, 4) is 0 Å². The summed E-state index contributed by atoms with van der Waals surface area (Å²) in [7, 11) is 0. The number of benzene rings is 1. The molecule has 0 spiro atoms. The minimum absolute atomic E-state index is 0.439. The van der Waals surface area contributed by atoms with E-state index in [0.29, 0.717) is 11.5 Å². The maximum absolute atomic E-state index is 3.85. The predicted octanol–water partition coefficient (Wildman–Crippen LogP) is 5.58. The normalized spacial score (nSPS) is 23.5. The zero-order valence-electron chi connectivity index (χ0n) is 13.8. The van der Waals surface area contributed by atoms with Gasteiger partial charge in [-0.15, -0.1) is 0 Å². The van der Waals surface area contributed by atoms with Gasteiger partial charge >= 0.3 is 0 Å². The summed E-state index contributed by atoms with van der Waals surface area (Å²) in [5.74, 6) is 0.828. The first-order chi connectivity index (χ1) is 10.2. The first-order valence-electron chi connectivity index (χ1n) is 9.07. The largest absolute Gasteiger partial charge is 0.310 e. The van der Waals surface area contributed by atoms with E-state index in [-0.39, 0.29) is 0 Å². The van der Waals surface area contributed by atoms with E-state index in [1.54, 1.807) is 11.1 Å². The van der Waals surface area contributed by atoms with Gasteiger partial charge in [0, 0.05) is 6.04 Å². The number of rotatable bonds is 5. The summed E-state index contributed by atoms with van der Waals surface area (Å²) in [5.41, 5.74) is 3.68. The van der Waals surface area contributed by atoms with Crippen LogP contribution in [0, 0.1) is 5.41 Å². The number of hydrogen-bond donors (Lipinski definition) is 1. The second-order valence-corrected chi connectivity index (χ2v) is 7.46. The zero-order valence-corrected chi connectivity index (χ0v) is 13.8. The monoisotopic (exact) mass is 285 g/mol. The highest BCUT2D eigenvalue weighted by Crippen LogP contribution is 2.48. The summed E-state index contributed by atoms with van der Waals surface area (Å²) in [4.78, 5) is 0. The Morgan fingerprint density at radius 2 is 1.81 bits per heavy atom. The lowest BCUT2D eigenvalue weighted by Gasteiger charge is -2.43. The first kappa shape index (κ1) is 15.1. The van der Waals surface area contributed by atoms with Crippen LogP contribution in [0.25, 0.3) is 0 Å². The molecule has 0 aromatic heterocycles. The molecule has 2 aliphatic rings. The van der Waals surface area contributed by atoms with E-state index in [1.165, 1.54) is 51.4 Å². The first-order valence-corrected chi connectivity index (χ1v) is 9.07. The summed E-state index contributed by atoms with van der Waals surface area (Å²) < 4.78 is 0. The molecule has 1 aromatic carbocycles. The fraction of sp³-hybridized carbons (Fsp3) is 0.700. The average Bonchev–Trinajstić information content (AvgIpc) is 2.45. The SMILES string of the molecule is CCNC(c1ccccc1C1CCC1)C1(C)CCCCC1. The van der Waals surface area contributed by atoms with Crippen molar-refractivity contribution in [2.75, 3.05) is 6.54 Å². The summed E-state index contributed by atoms with van der Waals surface area (Å²) >= 11 is 0. The molecular formula is C20H31N. The van der Waals surface area contributed by atoms with Gasteiger partial charge in [0.05, 0.1) is 0 Å². The second-order valence-electron chi connectivity index (χ2n) is 7.46. The summed E-state index contributed by atoms with van der Waals surface area (Å²) in [6.07, 6.45) is 11.2. The van der Waals surface area contributed by atoms with Crippen LogP contribution in [0.15, 0.2) is 24.3 Å². The Morgan fingerprint density at radius 1 is 1.10 bits per heavy atom. The topological polar surface area (TPSA) is 12.0 Å². The van der Waals surface area contributed by atoms with E-state index < -0.39 is 0 Å². The molecule has 0 amide bonds. The molecule has 1 unspecified atom stereocenters. The van der Waals surface area contributed by atoms with Crippen LogP contribution >= 0.6 is 0 Å².